The third-order valence-electron chi connectivity index (χ3n) is 4.87. The Morgan fingerprint density at radius 3 is 2.90 bits per heavy atom. The molecule has 4 heteroatoms. The van der Waals surface area contributed by atoms with Crippen LogP contribution in [0.15, 0.2) is 30.3 Å². The average molecular weight is 289 g/mol. The monoisotopic (exact) mass is 289 g/mol. The fraction of sp³-hybridized carbons (Fsp3) is 0.588. The molecule has 1 aromatic carbocycles. The van der Waals surface area contributed by atoms with Gasteiger partial charge < -0.3 is 9.47 Å². The smallest absolute Gasteiger partial charge is 0.338 e. The highest BCUT2D eigenvalue weighted by molar-refractivity contribution is 5.89. The van der Waals surface area contributed by atoms with E-state index in [2.05, 4.69) is 4.90 Å². The van der Waals surface area contributed by atoms with Crippen LogP contribution in [0.1, 0.15) is 36.0 Å². The number of ether oxygens (including phenoxy) is 2. The lowest BCUT2D eigenvalue weighted by atomic mass is 9.95. The molecule has 114 valence electrons. The number of methoxy groups -OCH3 is 1. The molecular weight excluding hydrogens is 266 g/mol. The molecule has 2 atom stereocenters. The van der Waals surface area contributed by atoms with Gasteiger partial charge in [0, 0.05) is 13.2 Å². The maximum Gasteiger partial charge on any atom is 0.338 e. The SMILES string of the molecule is COC[C@H]1CC[C@@]2(COC(=O)c3ccccc3)CCCN12. The van der Waals surface area contributed by atoms with E-state index in [0.717, 1.165) is 32.4 Å². The van der Waals surface area contributed by atoms with Crippen molar-refractivity contribution in [3.63, 3.8) is 0 Å². The number of hydrogen-bond acceptors (Lipinski definition) is 4. The molecule has 3 rings (SSSR count). The quantitative estimate of drug-likeness (QED) is 0.781. The van der Waals surface area contributed by atoms with Crippen LogP contribution in [0.3, 0.4) is 0 Å². The molecule has 0 amide bonds. The van der Waals surface area contributed by atoms with Crippen LogP contribution in [0.5, 0.6) is 0 Å². The fourth-order valence-corrected chi connectivity index (χ4v) is 3.84. The third kappa shape index (κ3) is 2.83. The van der Waals surface area contributed by atoms with Gasteiger partial charge in [-0.2, -0.15) is 0 Å². The van der Waals surface area contributed by atoms with E-state index in [1.165, 1.54) is 6.42 Å². The summed E-state index contributed by atoms with van der Waals surface area (Å²) >= 11 is 0. The Balaban J connectivity index is 1.63. The normalized spacial score (nSPS) is 28.5. The first kappa shape index (κ1) is 14.5. The molecule has 2 fully saturated rings. The number of rotatable bonds is 5. The van der Waals surface area contributed by atoms with Crippen molar-refractivity contribution in [3.8, 4) is 0 Å². The summed E-state index contributed by atoms with van der Waals surface area (Å²) in [5, 5.41) is 0. The molecule has 2 saturated heterocycles. The highest BCUT2D eigenvalue weighted by atomic mass is 16.5. The first-order chi connectivity index (χ1) is 10.2. The van der Waals surface area contributed by atoms with Gasteiger partial charge in [0.25, 0.3) is 0 Å². The molecule has 4 nitrogen and oxygen atoms in total. The summed E-state index contributed by atoms with van der Waals surface area (Å²) in [6.45, 7) is 2.37. The van der Waals surface area contributed by atoms with Gasteiger partial charge in [-0.15, -0.1) is 0 Å². The number of carbonyl (C=O) groups excluding carboxylic acids is 1. The second kappa shape index (κ2) is 6.16. The highest BCUT2D eigenvalue weighted by Crippen LogP contribution is 2.42. The van der Waals surface area contributed by atoms with E-state index >= 15 is 0 Å². The lowest BCUT2D eigenvalue weighted by molar-refractivity contribution is 0.0125. The molecule has 0 spiro atoms. The molecule has 2 aliphatic heterocycles. The van der Waals surface area contributed by atoms with E-state index in [1.807, 2.05) is 18.2 Å². The van der Waals surface area contributed by atoms with Crippen LogP contribution in [0.4, 0.5) is 0 Å². The second-order valence-electron chi connectivity index (χ2n) is 6.11. The van der Waals surface area contributed by atoms with Gasteiger partial charge in [-0.3, -0.25) is 4.90 Å². The zero-order valence-electron chi connectivity index (χ0n) is 12.6. The number of esters is 1. The van der Waals surface area contributed by atoms with Gasteiger partial charge in [0.2, 0.25) is 0 Å². The zero-order chi connectivity index (χ0) is 14.7. The standard InChI is InChI=1S/C17H23NO3/c1-20-12-15-8-10-17(9-5-11-18(15)17)13-21-16(19)14-6-3-2-4-7-14/h2-4,6-7,15H,5,8-13H2,1H3/t15-,17-/m1/s1. The van der Waals surface area contributed by atoms with Crippen molar-refractivity contribution in [2.24, 2.45) is 0 Å². The largest absolute Gasteiger partial charge is 0.460 e. The number of hydrogen-bond donors (Lipinski definition) is 0. The summed E-state index contributed by atoms with van der Waals surface area (Å²) in [7, 11) is 1.76. The van der Waals surface area contributed by atoms with Crippen LogP contribution in [0, 0.1) is 0 Å². The Labute approximate surface area is 126 Å². The predicted molar refractivity (Wildman–Crippen MR) is 80.3 cm³/mol. The number of fused-ring (bicyclic) bond motifs is 1. The Morgan fingerprint density at radius 1 is 1.33 bits per heavy atom. The molecule has 0 N–H and O–H groups in total. The van der Waals surface area contributed by atoms with Gasteiger partial charge in [-0.25, -0.2) is 4.79 Å². The predicted octanol–water partition coefficient (Wildman–Crippen LogP) is 2.49. The summed E-state index contributed by atoms with van der Waals surface area (Å²) < 4.78 is 10.9. The van der Waals surface area contributed by atoms with Crippen molar-refractivity contribution >= 4 is 5.97 Å². The lowest BCUT2D eigenvalue weighted by Crippen LogP contribution is -2.47. The van der Waals surface area contributed by atoms with Crippen molar-refractivity contribution < 1.29 is 14.3 Å². The van der Waals surface area contributed by atoms with Gasteiger partial charge >= 0.3 is 5.97 Å². The molecular formula is C17H23NO3. The average Bonchev–Trinajstić information content (AvgIpc) is 3.07. The molecule has 0 radical (unpaired) electrons. The Kier molecular flexibility index (Phi) is 4.27. The fourth-order valence-electron chi connectivity index (χ4n) is 3.84. The van der Waals surface area contributed by atoms with Crippen molar-refractivity contribution in [1.29, 1.82) is 0 Å². The van der Waals surface area contributed by atoms with E-state index < -0.39 is 0 Å². The molecule has 0 unspecified atom stereocenters. The first-order valence-electron chi connectivity index (χ1n) is 7.73. The lowest BCUT2D eigenvalue weighted by Gasteiger charge is -2.34. The molecule has 0 aliphatic carbocycles. The van der Waals surface area contributed by atoms with Crippen molar-refractivity contribution in [2.45, 2.75) is 37.3 Å². The van der Waals surface area contributed by atoms with Gasteiger partial charge in [-0.1, -0.05) is 18.2 Å². The molecule has 0 aromatic heterocycles. The minimum Gasteiger partial charge on any atom is -0.460 e. The molecule has 2 aliphatic rings. The third-order valence-corrected chi connectivity index (χ3v) is 4.87. The van der Waals surface area contributed by atoms with Crippen molar-refractivity contribution in [2.75, 3.05) is 26.9 Å². The van der Waals surface area contributed by atoms with E-state index in [1.54, 1.807) is 19.2 Å². The number of benzene rings is 1. The summed E-state index contributed by atoms with van der Waals surface area (Å²) in [6.07, 6.45) is 4.54. The van der Waals surface area contributed by atoms with Crippen LogP contribution in [-0.4, -0.2) is 49.3 Å². The maximum atomic E-state index is 12.1. The van der Waals surface area contributed by atoms with E-state index in [-0.39, 0.29) is 11.5 Å². The van der Waals surface area contributed by atoms with Crippen LogP contribution in [0.2, 0.25) is 0 Å². The van der Waals surface area contributed by atoms with Gasteiger partial charge in [0.05, 0.1) is 17.7 Å². The minimum absolute atomic E-state index is 0.0492. The summed E-state index contributed by atoms with van der Waals surface area (Å²) in [5.41, 5.74) is 0.679. The molecule has 0 saturated carbocycles. The summed E-state index contributed by atoms with van der Waals surface area (Å²) in [4.78, 5) is 14.6. The highest BCUT2D eigenvalue weighted by Gasteiger charge is 2.49. The summed E-state index contributed by atoms with van der Waals surface area (Å²) in [5.74, 6) is -0.216. The van der Waals surface area contributed by atoms with E-state index in [9.17, 15) is 4.79 Å². The van der Waals surface area contributed by atoms with Crippen LogP contribution < -0.4 is 0 Å². The van der Waals surface area contributed by atoms with Gasteiger partial charge in [0.15, 0.2) is 0 Å². The minimum atomic E-state index is -0.216. The zero-order valence-corrected chi connectivity index (χ0v) is 12.6. The second-order valence-corrected chi connectivity index (χ2v) is 6.11. The van der Waals surface area contributed by atoms with E-state index in [0.29, 0.717) is 18.2 Å². The van der Waals surface area contributed by atoms with Gasteiger partial charge in [-0.05, 0) is 44.4 Å². The van der Waals surface area contributed by atoms with Gasteiger partial charge in [0.1, 0.15) is 6.61 Å². The topological polar surface area (TPSA) is 38.8 Å². The number of carbonyl (C=O) groups is 1. The van der Waals surface area contributed by atoms with Crippen molar-refractivity contribution in [3.05, 3.63) is 35.9 Å². The molecule has 2 heterocycles. The molecule has 1 aromatic rings. The van der Waals surface area contributed by atoms with Crippen molar-refractivity contribution in [1.82, 2.24) is 4.90 Å². The summed E-state index contributed by atoms with van der Waals surface area (Å²) in [6, 6.07) is 9.71. The molecule has 0 bridgehead atoms. The Hall–Kier alpha value is -1.39. The number of nitrogens with zero attached hydrogens (tertiary/aromatic N) is 1. The Bertz CT molecular complexity index is 490. The maximum absolute atomic E-state index is 12.1. The van der Waals surface area contributed by atoms with Crippen LogP contribution in [-0.2, 0) is 9.47 Å². The molecule has 21 heavy (non-hydrogen) atoms. The first-order valence-corrected chi connectivity index (χ1v) is 7.73. The van der Waals surface area contributed by atoms with E-state index in [4.69, 9.17) is 9.47 Å². The van der Waals surface area contributed by atoms with Crippen LogP contribution >= 0.6 is 0 Å². The Morgan fingerprint density at radius 2 is 2.14 bits per heavy atom. The van der Waals surface area contributed by atoms with Crippen LogP contribution in [0.25, 0.3) is 0 Å².